The molecule has 1 fully saturated rings. The van der Waals surface area contributed by atoms with Gasteiger partial charge < -0.3 is 5.32 Å². The van der Waals surface area contributed by atoms with Crippen molar-refractivity contribution in [3.63, 3.8) is 0 Å². The maximum Gasteiger partial charge on any atom is 0.00389 e. The fourth-order valence-corrected chi connectivity index (χ4v) is 1.41. The van der Waals surface area contributed by atoms with E-state index in [1.807, 2.05) is 0 Å². The third kappa shape index (κ3) is 2.89. The van der Waals surface area contributed by atoms with Gasteiger partial charge in [-0.1, -0.05) is 13.3 Å². The van der Waals surface area contributed by atoms with Crippen LogP contribution >= 0.6 is 12.4 Å². The summed E-state index contributed by atoms with van der Waals surface area (Å²) in [6.45, 7) is 5.80. The van der Waals surface area contributed by atoms with Gasteiger partial charge >= 0.3 is 0 Å². The third-order valence-corrected chi connectivity index (χ3v) is 2.34. The van der Waals surface area contributed by atoms with E-state index in [2.05, 4.69) is 19.2 Å². The molecule has 1 rings (SSSR count). The molecule has 1 saturated heterocycles. The molecule has 1 aliphatic rings. The zero-order valence-corrected chi connectivity index (χ0v) is 7.71. The van der Waals surface area contributed by atoms with E-state index in [1.165, 1.54) is 25.8 Å². The van der Waals surface area contributed by atoms with Crippen LogP contribution in [0.1, 0.15) is 33.1 Å². The van der Waals surface area contributed by atoms with E-state index in [9.17, 15) is 0 Å². The highest BCUT2D eigenvalue weighted by atomic mass is 35.5. The molecule has 0 unspecified atom stereocenters. The lowest BCUT2D eigenvalue weighted by atomic mass is 9.94. The number of hydrogen-bond acceptors (Lipinski definition) is 1. The highest BCUT2D eigenvalue weighted by Gasteiger charge is 2.14. The van der Waals surface area contributed by atoms with Crippen LogP contribution in [0.4, 0.5) is 0 Å². The fraction of sp³-hybridized carbons (Fsp3) is 1.00. The molecule has 0 aromatic carbocycles. The molecule has 0 aliphatic carbocycles. The van der Waals surface area contributed by atoms with Crippen LogP contribution in [0.15, 0.2) is 0 Å². The summed E-state index contributed by atoms with van der Waals surface area (Å²) in [5, 5.41) is 3.48. The van der Waals surface area contributed by atoms with Crippen molar-refractivity contribution < 1.29 is 0 Å². The molecule has 1 N–H and O–H groups in total. The standard InChI is InChI=1S/C8H17N.ClH/c1-3-8-5-4-7(2)9-6-8;/h7-9H,3-6H2,1-2H3;1H/t7-,8+;/m1./s1. The maximum absolute atomic E-state index is 3.48. The topological polar surface area (TPSA) is 12.0 Å². The smallest absolute Gasteiger partial charge is 0.00389 e. The summed E-state index contributed by atoms with van der Waals surface area (Å²) in [6, 6.07) is 0.771. The predicted molar refractivity (Wildman–Crippen MR) is 47.7 cm³/mol. The Labute approximate surface area is 70.0 Å². The maximum atomic E-state index is 3.48. The first kappa shape index (κ1) is 10.2. The van der Waals surface area contributed by atoms with Gasteiger partial charge in [0.2, 0.25) is 0 Å². The van der Waals surface area contributed by atoms with Crippen molar-refractivity contribution in [2.75, 3.05) is 6.54 Å². The van der Waals surface area contributed by atoms with Crippen molar-refractivity contribution in [1.29, 1.82) is 0 Å². The molecule has 0 bridgehead atoms. The lowest BCUT2D eigenvalue weighted by Gasteiger charge is -2.26. The van der Waals surface area contributed by atoms with Gasteiger partial charge in [0, 0.05) is 6.04 Å². The molecule has 0 amide bonds. The normalized spacial score (nSPS) is 33.0. The minimum absolute atomic E-state index is 0. The molecule has 10 heavy (non-hydrogen) atoms. The Morgan fingerprint density at radius 2 is 2.10 bits per heavy atom. The van der Waals surface area contributed by atoms with E-state index >= 15 is 0 Å². The van der Waals surface area contributed by atoms with Gasteiger partial charge in [0.15, 0.2) is 0 Å². The number of piperidine rings is 1. The van der Waals surface area contributed by atoms with E-state index in [0.29, 0.717) is 0 Å². The summed E-state index contributed by atoms with van der Waals surface area (Å²) in [6.07, 6.45) is 4.16. The lowest BCUT2D eigenvalue weighted by Crippen LogP contribution is -2.36. The Balaban J connectivity index is 0.000000810. The van der Waals surface area contributed by atoms with Gasteiger partial charge in [0.1, 0.15) is 0 Å². The summed E-state index contributed by atoms with van der Waals surface area (Å²) >= 11 is 0. The third-order valence-electron chi connectivity index (χ3n) is 2.34. The van der Waals surface area contributed by atoms with Gasteiger partial charge in [-0.15, -0.1) is 12.4 Å². The monoisotopic (exact) mass is 163 g/mol. The van der Waals surface area contributed by atoms with Gasteiger partial charge in [0.05, 0.1) is 0 Å². The van der Waals surface area contributed by atoms with Crippen molar-refractivity contribution in [3.8, 4) is 0 Å². The van der Waals surface area contributed by atoms with Crippen molar-refractivity contribution in [1.82, 2.24) is 5.32 Å². The van der Waals surface area contributed by atoms with Crippen LogP contribution in [-0.4, -0.2) is 12.6 Å². The molecular weight excluding hydrogens is 146 g/mol. The largest absolute Gasteiger partial charge is 0.314 e. The molecule has 0 spiro atoms. The van der Waals surface area contributed by atoms with Crippen LogP contribution in [0.5, 0.6) is 0 Å². The predicted octanol–water partition coefficient (Wildman–Crippen LogP) is 2.21. The average molecular weight is 164 g/mol. The second kappa shape index (κ2) is 4.97. The highest BCUT2D eigenvalue weighted by molar-refractivity contribution is 5.85. The summed E-state index contributed by atoms with van der Waals surface area (Å²) in [7, 11) is 0. The molecule has 1 heterocycles. The van der Waals surface area contributed by atoms with Crippen molar-refractivity contribution in [2.45, 2.75) is 39.2 Å². The Morgan fingerprint density at radius 3 is 2.50 bits per heavy atom. The summed E-state index contributed by atoms with van der Waals surface area (Å²) in [5.74, 6) is 0.959. The van der Waals surface area contributed by atoms with Gasteiger partial charge in [-0.05, 0) is 32.2 Å². The van der Waals surface area contributed by atoms with Crippen LogP contribution in [0.25, 0.3) is 0 Å². The van der Waals surface area contributed by atoms with Crippen LogP contribution in [0.3, 0.4) is 0 Å². The Hall–Kier alpha value is 0.250. The van der Waals surface area contributed by atoms with E-state index in [1.54, 1.807) is 0 Å². The van der Waals surface area contributed by atoms with Crippen LogP contribution in [0.2, 0.25) is 0 Å². The van der Waals surface area contributed by atoms with E-state index < -0.39 is 0 Å². The quantitative estimate of drug-likeness (QED) is 0.625. The molecule has 2 heteroatoms. The zero-order valence-electron chi connectivity index (χ0n) is 6.89. The van der Waals surface area contributed by atoms with Gasteiger partial charge in [-0.2, -0.15) is 0 Å². The Morgan fingerprint density at radius 1 is 1.40 bits per heavy atom. The molecule has 0 radical (unpaired) electrons. The average Bonchev–Trinajstić information content (AvgIpc) is 1.90. The molecule has 0 saturated carbocycles. The minimum atomic E-state index is 0. The zero-order chi connectivity index (χ0) is 6.69. The van der Waals surface area contributed by atoms with Crippen molar-refractivity contribution in [3.05, 3.63) is 0 Å². The minimum Gasteiger partial charge on any atom is -0.314 e. The number of rotatable bonds is 1. The summed E-state index contributed by atoms with van der Waals surface area (Å²) in [4.78, 5) is 0. The van der Waals surface area contributed by atoms with Crippen LogP contribution in [-0.2, 0) is 0 Å². The fourth-order valence-electron chi connectivity index (χ4n) is 1.41. The second-order valence-electron chi connectivity index (χ2n) is 3.16. The number of nitrogens with one attached hydrogen (secondary N) is 1. The molecule has 0 aromatic rings. The SMILES string of the molecule is CC[C@H]1CC[C@@H](C)NC1.Cl. The molecule has 1 aliphatic heterocycles. The van der Waals surface area contributed by atoms with Gasteiger partial charge in [-0.3, -0.25) is 0 Å². The van der Waals surface area contributed by atoms with Gasteiger partial charge in [0.25, 0.3) is 0 Å². The lowest BCUT2D eigenvalue weighted by molar-refractivity contribution is 0.317. The van der Waals surface area contributed by atoms with Crippen molar-refractivity contribution >= 4 is 12.4 Å². The van der Waals surface area contributed by atoms with E-state index in [0.717, 1.165) is 12.0 Å². The number of halogens is 1. The van der Waals surface area contributed by atoms with Crippen molar-refractivity contribution in [2.24, 2.45) is 5.92 Å². The second-order valence-corrected chi connectivity index (χ2v) is 3.16. The first-order valence-electron chi connectivity index (χ1n) is 4.06. The Kier molecular flexibility index (Phi) is 5.10. The molecule has 62 valence electrons. The van der Waals surface area contributed by atoms with Crippen LogP contribution < -0.4 is 5.32 Å². The molecular formula is C8H18ClN. The van der Waals surface area contributed by atoms with E-state index in [-0.39, 0.29) is 12.4 Å². The highest BCUT2D eigenvalue weighted by Crippen LogP contribution is 2.16. The molecule has 1 nitrogen and oxygen atoms in total. The summed E-state index contributed by atoms with van der Waals surface area (Å²) < 4.78 is 0. The van der Waals surface area contributed by atoms with Gasteiger partial charge in [-0.25, -0.2) is 0 Å². The molecule has 2 atom stereocenters. The molecule has 0 aromatic heterocycles. The first-order valence-corrected chi connectivity index (χ1v) is 4.06. The number of hydrogen-bond donors (Lipinski definition) is 1. The summed E-state index contributed by atoms with van der Waals surface area (Å²) in [5.41, 5.74) is 0. The first-order chi connectivity index (χ1) is 4.33. The van der Waals surface area contributed by atoms with Crippen LogP contribution in [0, 0.1) is 5.92 Å². The van der Waals surface area contributed by atoms with E-state index in [4.69, 9.17) is 0 Å². The Bertz CT molecular complexity index is 77.3.